The second-order valence-corrected chi connectivity index (χ2v) is 7.69. The molecule has 1 N–H and O–H groups in total. The molecule has 4 rings (SSSR count). The molecule has 1 aromatic heterocycles. The Labute approximate surface area is 160 Å². The number of hydrogen-bond donors (Lipinski definition) is 1. The van der Waals surface area contributed by atoms with Gasteiger partial charge in [0.15, 0.2) is 0 Å². The number of amides is 1. The van der Waals surface area contributed by atoms with Crippen LogP contribution in [-0.2, 0) is 4.79 Å². The molecule has 2 aliphatic carbocycles. The predicted molar refractivity (Wildman–Crippen MR) is 100 cm³/mol. The van der Waals surface area contributed by atoms with E-state index in [-0.39, 0.29) is 34.3 Å². The smallest absolute Gasteiger partial charge is 0.283 e. The summed E-state index contributed by atoms with van der Waals surface area (Å²) in [5.74, 6) is 0.243. The highest BCUT2D eigenvalue weighted by atomic mass is 19.1. The number of carbonyl (C=O) groups is 1. The monoisotopic (exact) mass is 385 g/mol. The van der Waals surface area contributed by atoms with Gasteiger partial charge in [0.1, 0.15) is 17.3 Å². The van der Waals surface area contributed by atoms with E-state index in [1.165, 1.54) is 25.1 Å². The Hall–Kier alpha value is -3.03. The molecule has 2 aliphatic rings. The zero-order valence-corrected chi connectivity index (χ0v) is 15.4. The molecule has 7 nitrogen and oxygen atoms in total. The lowest BCUT2D eigenvalue weighted by Gasteiger charge is -2.15. The maximum atomic E-state index is 13.3. The summed E-state index contributed by atoms with van der Waals surface area (Å²) in [5.41, 5.74) is 2.47. The van der Waals surface area contributed by atoms with Crippen molar-refractivity contribution in [3.05, 3.63) is 52.0 Å². The van der Waals surface area contributed by atoms with Crippen LogP contribution >= 0.6 is 0 Å². The van der Waals surface area contributed by atoms with Crippen LogP contribution in [0, 0.1) is 33.2 Å². The van der Waals surface area contributed by atoms with Gasteiger partial charge < -0.3 is 4.42 Å². The summed E-state index contributed by atoms with van der Waals surface area (Å²) in [6, 6.07) is 6.40. The molecule has 0 saturated heterocycles. The molecule has 2 aromatic rings. The van der Waals surface area contributed by atoms with Crippen molar-refractivity contribution in [2.24, 2.45) is 22.4 Å². The van der Waals surface area contributed by atoms with Gasteiger partial charge >= 0.3 is 0 Å². The average molecular weight is 385 g/mol. The van der Waals surface area contributed by atoms with E-state index in [0.717, 1.165) is 25.0 Å². The third kappa shape index (κ3) is 3.19. The number of furan rings is 1. The summed E-state index contributed by atoms with van der Waals surface area (Å²) in [5, 5.41) is 15.1. The zero-order chi connectivity index (χ0) is 19.9. The van der Waals surface area contributed by atoms with Crippen molar-refractivity contribution in [2.75, 3.05) is 0 Å². The molecule has 8 heteroatoms. The predicted octanol–water partition coefficient (Wildman–Crippen LogP) is 4.27. The molecule has 2 saturated carbocycles. The molecular weight excluding hydrogens is 365 g/mol. The van der Waals surface area contributed by atoms with Crippen molar-refractivity contribution in [2.45, 2.75) is 32.6 Å². The van der Waals surface area contributed by atoms with Crippen LogP contribution in [0.3, 0.4) is 0 Å². The zero-order valence-electron chi connectivity index (χ0n) is 15.4. The molecule has 28 heavy (non-hydrogen) atoms. The second-order valence-electron chi connectivity index (χ2n) is 7.69. The van der Waals surface area contributed by atoms with Crippen molar-refractivity contribution >= 4 is 17.8 Å². The minimum absolute atomic E-state index is 0.0150. The van der Waals surface area contributed by atoms with Crippen LogP contribution in [0.15, 0.2) is 39.9 Å². The first-order valence-corrected chi connectivity index (χ1v) is 9.27. The fraction of sp³-hybridized carbons (Fsp3) is 0.400. The molecule has 1 heterocycles. The maximum absolute atomic E-state index is 13.3. The van der Waals surface area contributed by atoms with Crippen LogP contribution in [0.25, 0.3) is 11.3 Å². The number of halogens is 1. The van der Waals surface area contributed by atoms with E-state index in [2.05, 4.69) is 17.5 Å². The number of hydrazone groups is 1. The van der Waals surface area contributed by atoms with E-state index >= 15 is 0 Å². The molecule has 3 atom stereocenters. The second kappa shape index (κ2) is 6.85. The molecule has 2 fully saturated rings. The van der Waals surface area contributed by atoms with Crippen LogP contribution in [0.5, 0.6) is 0 Å². The van der Waals surface area contributed by atoms with E-state index in [1.807, 2.05) is 0 Å². The number of nitro groups is 1. The molecule has 0 spiro atoms. The number of hydrogen-bond acceptors (Lipinski definition) is 5. The number of benzene rings is 1. The van der Waals surface area contributed by atoms with Gasteiger partial charge in [-0.2, -0.15) is 5.10 Å². The number of nitrogens with zero attached hydrogens (tertiary/aromatic N) is 2. The van der Waals surface area contributed by atoms with E-state index in [4.69, 9.17) is 4.42 Å². The van der Waals surface area contributed by atoms with Crippen LogP contribution in [0.4, 0.5) is 10.1 Å². The van der Waals surface area contributed by atoms with Gasteiger partial charge in [0, 0.05) is 5.92 Å². The molecule has 0 radical (unpaired) electrons. The van der Waals surface area contributed by atoms with Gasteiger partial charge in [-0.25, -0.2) is 9.82 Å². The Morgan fingerprint density at radius 2 is 2.21 bits per heavy atom. The Balaban J connectivity index is 1.43. The van der Waals surface area contributed by atoms with Crippen molar-refractivity contribution in [3.8, 4) is 11.3 Å². The molecule has 0 aliphatic heterocycles. The summed E-state index contributed by atoms with van der Waals surface area (Å²) >= 11 is 0. The van der Waals surface area contributed by atoms with Gasteiger partial charge in [-0.05, 0) is 48.4 Å². The topological polar surface area (TPSA) is 97.7 Å². The molecule has 146 valence electrons. The first kappa shape index (κ1) is 18.3. The highest BCUT2D eigenvalue weighted by Crippen LogP contribution is 2.66. The number of nitrogens with one attached hydrogen (secondary N) is 1. The Morgan fingerprint density at radius 1 is 1.39 bits per heavy atom. The van der Waals surface area contributed by atoms with Crippen molar-refractivity contribution in [3.63, 3.8) is 0 Å². The molecule has 1 aromatic carbocycles. The van der Waals surface area contributed by atoms with Crippen LogP contribution in [0.2, 0.25) is 0 Å². The molecule has 0 unspecified atom stereocenters. The lowest BCUT2D eigenvalue weighted by molar-refractivity contribution is -0.384. The lowest BCUT2D eigenvalue weighted by Crippen LogP contribution is -2.22. The SMILES string of the molecule is C[C@@]12CCCC[C@H]1[C@@H]2C(=O)N/N=C\c1ccc(-c2ccc(F)cc2[N+](=O)[O-])o1. The minimum atomic E-state index is -0.694. The summed E-state index contributed by atoms with van der Waals surface area (Å²) in [6.07, 6.45) is 5.88. The number of carbonyl (C=O) groups excluding carboxylic acids is 1. The Morgan fingerprint density at radius 3 is 2.93 bits per heavy atom. The van der Waals surface area contributed by atoms with Crippen LogP contribution in [0.1, 0.15) is 38.4 Å². The summed E-state index contributed by atoms with van der Waals surface area (Å²) in [4.78, 5) is 22.8. The van der Waals surface area contributed by atoms with Gasteiger partial charge in [0.05, 0.1) is 22.8 Å². The average Bonchev–Trinajstić information content (AvgIpc) is 3.02. The van der Waals surface area contributed by atoms with Gasteiger partial charge in [-0.1, -0.05) is 19.8 Å². The van der Waals surface area contributed by atoms with Crippen molar-refractivity contribution in [1.82, 2.24) is 5.43 Å². The molecular formula is C20H20FN3O4. The van der Waals surface area contributed by atoms with E-state index < -0.39 is 10.7 Å². The first-order valence-electron chi connectivity index (χ1n) is 9.27. The van der Waals surface area contributed by atoms with E-state index in [9.17, 15) is 19.3 Å². The highest BCUT2D eigenvalue weighted by Gasteiger charge is 2.64. The van der Waals surface area contributed by atoms with Gasteiger partial charge in [0.25, 0.3) is 5.69 Å². The fourth-order valence-corrected chi connectivity index (χ4v) is 4.51. The highest BCUT2D eigenvalue weighted by molar-refractivity contribution is 5.85. The third-order valence-corrected chi connectivity index (χ3v) is 6.03. The van der Waals surface area contributed by atoms with E-state index in [1.54, 1.807) is 12.1 Å². The number of rotatable bonds is 5. The Bertz CT molecular complexity index is 970. The van der Waals surface area contributed by atoms with Crippen molar-refractivity contribution < 1.29 is 18.5 Å². The van der Waals surface area contributed by atoms with E-state index in [0.29, 0.717) is 11.7 Å². The third-order valence-electron chi connectivity index (χ3n) is 6.03. The Kier molecular flexibility index (Phi) is 4.49. The lowest BCUT2D eigenvalue weighted by atomic mass is 9.90. The number of nitro benzene ring substituents is 1. The maximum Gasteiger partial charge on any atom is 0.283 e. The summed E-state index contributed by atoms with van der Waals surface area (Å²) in [7, 11) is 0. The summed E-state index contributed by atoms with van der Waals surface area (Å²) < 4.78 is 18.8. The van der Waals surface area contributed by atoms with Crippen molar-refractivity contribution in [1.29, 1.82) is 0 Å². The van der Waals surface area contributed by atoms with Gasteiger partial charge in [-0.15, -0.1) is 0 Å². The minimum Gasteiger partial charge on any atom is -0.455 e. The standard InChI is InChI=1S/C20H20FN3O4/c1-20-9-3-2-4-15(20)18(20)19(25)23-22-11-13-6-8-17(28-13)14-7-5-12(21)10-16(14)24(26)27/h5-8,10-11,15,18H,2-4,9H2,1H3,(H,23,25)/b22-11-/t15-,18+,20+/m0/s1. The fourth-order valence-electron chi connectivity index (χ4n) is 4.51. The molecule has 0 bridgehead atoms. The van der Waals surface area contributed by atoms with Gasteiger partial charge in [0.2, 0.25) is 5.91 Å². The van der Waals surface area contributed by atoms with Crippen LogP contribution < -0.4 is 5.43 Å². The quantitative estimate of drug-likeness (QED) is 0.472. The van der Waals surface area contributed by atoms with Crippen LogP contribution in [-0.4, -0.2) is 17.0 Å². The number of fused-ring (bicyclic) bond motifs is 1. The normalized spacial score (nSPS) is 26.1. The molecule has 1 amide bonds. The summed E-state index contributed by atoms with van der Waals surface area (Å²) in [6.45, 7) is 2.17. The largest absolute Gasteiger partial charge is 0.455 e. The first-order chi connectivity index (χ1) is 13.4. The van der Waals surface area contributed by atoms with Gasteiger partial charge in [-0.3, -0.25) is 14.9 Å².